The fourth-order valence-corrected chi connectivity index (χ4v) is 2.31. The van der Waals surface area contributed by atoms with Crippen molar-refractivity contribution in [1.82, 2.24) is 4.90 Å². The second-order valence-electron chi connectivity index (χ2n) is 5.54. The maximum Gasteiger partial charge on any atom is 0.0340 e. The van der Waals surface area contributed by atoms with Crippen LogP contribution >= 0.6 is 0 Å². The first kappa shape index (κ1) is 13.4. The van der Waals surface area contributed by atoms with Crippen LogP contribution in [-0.4, -0.2) is 31.1 Å². The molecule has 1 saturated carbocycles. The molecule has 0 bridgehead atoms. The maximum atomic E-state index is 3.51. The Hall–Kier alpha value is -1.02. The van der Waals surface area contributed by atoms with Crippen LogP contribution in [0.5, 0.6) is 0 Å². The van der Waals surface area contributed by atoms with Gasteiger partial charge in [-0.15, -0.1) is 0 Å². The minimum atomic E-state index is 0.996. The first-order chi connectivity index (χ1) is 8.78. The topological polar surface area (TPSA) is 15.3 Å². The molecule has 0 aliphatic heterocycles. The molecule has 0 heterocycles. The van der Waals surface area contributed by atoms with Gasteiger partial charge in [-0.25, -0.2) is 0 Å². The fraction of sp³-hybridized carbons (Fsp3) is 0.625. The third kappa shape index (κ3) is 4.69. The SMILES string of the molecule is CCCN(CCNc1ccc(C)cc1)CC1CC1. The Morgan fingerprint density at radius 3 is 2.50 bits per heavy atom. The predicted molar refractivity (Wildman–Crippen MR) is 79.1 cm³/mol. The summed E-state index contributed by atoms with van der Waals surface area (Å²) in [7, 11) is 0. The molecule has 1 aromatic rings. The van der Waals surface area contributed by atoms with Gasteiger partial charge in [0, 0.05) is 25.3 Å². The summed E-state index contributed by atoms with van der Waals surface area (Å²) >= 11 is 0. The highest BCUT2D eigenvalue weighted by Crippen LogP contribution is 2.29. The zero-order valence-corrected chi connectivity index (χ0v) is 11.8. The third-order valence-electron chi connectivity index (χ3n) is 3.56. The molecule has 1 aliphatic carbocycles. The summed E-state index contributed by atoms with van der Waals surface area (Å²) in [5.41, 5.74) is 2.56. The number of nitrogens with one attached hydrogen (secondary N) is 1. The number of hydrogen-bond acceptors (Lipinski definition) is 2. The van der Waals surface area contributed by atoms with Crippen LogP contribution in [0, 0.1) is 12.8 Å². The van der Waals surface area contributed by atoms with Crippen molar-refractivity contribution in [1.29, 1.82) is 0 Å². The van der Waals surface area contributed by atoms with E-state index in [-0.39, 0.29) is 0 Å². The van der Waals surface area contributed by atoms with Gasteiger partial charge in [0.05, 0.1) is 0 Å². The largest absolute Gasteiger partial charge is 0.384 e. The molecule has 0 unspecified atom stereocenters. The Balaban J connectivity index is 1.69. The summed E-state index contributed by atoms with van der Waals surface area (Å²) in [5, 5.41) is 3.51. The van der Waals surface area contributed by atoms with Gasteiger partial charge in [0.2, 0.25) is 0 Å². The van der Waals surface area contributed by atoms with Gasteiger partial charge in [0.1, 0.15) is 0 Å². The van der Waals surface area contributed by atoms with Gasteiger partial charge < -0.3 is 10.2 Å². The number of benzene rings is 1. The second-order valence-corrected chi connectivity index (χ2v) is 5.54. The Bertz CT molecular complexity index is 341. The van der Waals surface area contributed by atoms with Gasteiger partial charge in [0.25, 0.3) is 0 Å². The lowest BCUT2D eigenvalue weighted by Gasteiger charge is -2.21. The minimum Gasteiger partial charge on any atom is -0.384 e. The molecule has 1 aliphatic rings. The molecule has 1 N–H and O–H groups in total. The van der Waals surface area contributed by atoms with Gasteiger partial charge in [-0.1, -0.05) is 24.6 Å². The monoisotopic (exact) mass is 246 g/mol. The Kier molecular flexibility index (Phi) is 5.06. The molecule has 2 heteroatoms. The third-order valence-corrected chi connectivity index (χ3v) is 3.56. The molecule has 0 aromatic heterocycles. The molecule has 0 spiro atoms. The molecule has 1 aromatic carbocycles. The Labute approximate surface area is 111 Å². The van der Waals surface area contributed by atoms with E-state index in [1.165, 1.54) is 43.6 Å². The summed E-state index contributed by atoms with van der Waals surface area (Å²) in [4.78, 5) is 2.61. The molecular weight excluding hydrogens is 220 g/mol. The highest BCUT2D eigenvalue weighted by Gasteiger charge is 2.23. The van der Waals surface area contributed by atoms with Crippen molar-refractivity contribution in [2.24, 2.45) is 5.92 Å². The zero-order valence-electron chi connectivity index (χ0n) is 11.8. The lowest BCUT2D eigenvalue weighted by Crippen LogP contribution is -2.31. The van der Waals surface area contributed by atoms with Gasteiger partial charge in [-0.3, -0.25) is 0 Å². The number of anilines is 1. The van der Waals surface area contributed by atoms with E-state index in [4.69, 9.17) is 0 Å². The normalized spacial score (nSPS) is 15.1. The molecule has 0 atom stereocenters. The van der Waals surface area contributed by atoms with Gasteiger partial charge >= 0.3 is 0 Å². The standard InChI is InChI=1S/C16H26N2/c1-3-11-18(13-15-6-7-15)12-10-17-16-8-4-14(2)5-9-16/h4-5,8-9,15,17H,3,6-7,10-13H2,1-2H3. The van der Waals surface area contributed by atoms with E-state index in [2.05, 4.69) is 48.3 Å². The lowest BCUT2D eigenvalue weighted by atomic mass is 10.2. The van der Waals surface area contributed by atoms with Gasteiger partial charge in [0.15, 0.2) is 0 Å². The van der Waals surface area contributed by atoms with Gasteiger partial charge in [-0.05, 0) is 50.8 Å². The average Bonchev–Trinajstić information content (AvgIpc) is 3.16. The number of aryl methyl sites for hydroxylation is 1. The fourth-order valence-electron chi connectivity index (χ4n) is 2.31. The number of rotatable bonds is 8. The molecule has 100 valence electrons. The van der Waals surface area contributed by atoms with Crippen molar-refractivity contribution >= 4 is 5.69 Å². The van der Waals surface area contributed by atoms with Crippen molar-refractivity contribution in [2.45, 2.75) is 33.1 Å². The van der Waals surface area contributed by atoms with E-state index in [1.807, 2.05) is 0 Å². The molecule has 1 fully saturated rings. The molecular formula is C16H26N2. The molecule has 18 heavy (non-hydrogen) atoms. The van der Waals surface area contributed by atoms with Crippen LogP contribution in [-0.2, 0) is 0 Å². The zero-order chi connectivity index (χ0) is 12.8. The summed E-state index contributed by atoms with van der Waals surface area (Å²) in [6.07, 6.45) is 4.16. The van der Waals surface area contributed by atoms with Crippen LogP contribution in [0.1, 0.15) is 31.7 Å². The summed E-state index contributed by atoms with van der Waals surface area (Å²) in [6, 6.07) is 8.66. The van der Waals surface area contributed by atoms with E-state index < -0.39 is 0 Å². The molecule has 0 radical (unpaired) electrons. The summed E-state index contributed by atoms with van der Waals surface area (Å²) in [5.74, 6) is 0.996. The highest BCUT2D eigenvalue weighted by molar-refractivity contribution is 5.44. The minimum absolute atomic E-state index is 0.996. The quantitative estimate of drug-likeness (QED) is 0.755. The molecule has 2 nitrogen and oxygen atoms in total. The van der Waals surface area contributed by atoms with Crippen molar-refractivity contribution in [2.75, 3.05) is 31.5 Å². The van der Waals surface area contributed by atoms with E-state index in [0.717, 1.165) is 19.0 Å². The van der Waals surface area contributed by atoms with Crippen LogP contribution in [0.4, 0.5) is 5.69 Å². The van der Waals surface area contributed by atoms with E-state index in [0.29, 0.717) is 0 Å². The van der Waals surface area contributed by atoms with Crippen molar-refractivity contribution in [3.63, 3.8) is 0 Å². The summed E-state index contributed by atoms with van der Waals surface area (Å²) in [6.45, 7) is 9.17. The second kappa shape index (κ2) is 6.79. The Morgan fingerprint density at radius 2 is 1.89 bits per heavy atom. The lowest BCUT2D eigenvalue weighted by molar-refractivity contribution is 0.273. The first-order valence-electron chi connectivity index (χ1n) is 7.31. The molecule has 2 rings (SSSR count). The van der Waals surface area contributed by atoms with E-state index in [9.17, 15) is 0 Å². The van der Waals surface area contributed by atoms with Crippen molar-refractivity contribution in [3.8, 4) is 0 Å². The number of nitrogens with zero attached hydrogens (tertiary/aromatic N) is 1. The van der Waals surface area contributed by atoms with Crippen LogP contribution < -0.4 is 5.32 Å². The Morgan fingerprint density at radius 1 is 1.17 bits per heavy atom. The van der Waals surface area contributed by atoms with Gasteiger partial charge in [-0.2, -0.15) is 0 Å². The van der Waals surface area contributed by atoms with Crippen LogP contribution in [0.25, 0.3) is 0 Å². The molecule has 0 saturated heterocycles. The molecule has 0 amide bonds. The average molecular weight is 246 g/mol. The van der Waals surface area contributed by atoms with Crippen molar-refractivity contribution in [3.05, 3.63) is 29.8 Å². The van der Waals surface area contributed by atoms with Crippen molar-refractivity contribution < 1.29 is 0 Å². The van der Waals surface area contributed by atoms with Crippen LogP contribution in [0.2, 0.25) is 0 Å². The maximum absolute atomic E-state index is 3.51. The van der Waals surface area contributed by atoms with E-state index in [1.54, 1.807) is 0 Å². The summed E-state index contributed by atoms with van der Waals surface area (Å²) < 4.78 is 0. The van der Waals surface area contributed by atoms with Crippen LogP contribution in [0.3, 0.4) is 0 Å². The predicted octanol–water partition coefficient (Wildman–Crippen LogP) is 3.53. The van der Waals surface area contributed by atoms with E-state index >= 15 is 0 Å². The van der Waals surface area contributed by atoms with Crippen LogP contribution in [0.15, 0.2) is 24.3 Å². The smallest absolute Gasteiger partial charge is 0.0340 e. The first-order valence-corrected chi connectivity index (χ1v) is 7.31. The number of hydrogen-bond donors (Lipinski definition) is 1. The highest BCUT2D eigenvalue weighted by atomic mass is 15.1.